The first-order chi connectivity index (χ1) is 8.41. The lowest BCUT2D eigenvalue weighted by molar-refractivity contribution is -0.385. The molecule has 7 heteroatoms. The highest BCUT2D eigenvalue weighted by Gasteiger charge is 2.23. The largest absolute Gasteiger partial charge is 0.394 e. The van der Waals surface area contributed by atoms with Crippen molar-refractivity contribution in [2.45, 2.75) is 19.0 Å². The number of aliphatic hydroxyl groups excluding tert-OH is 2. The molecule has 0 fully saturated rings. The fourth-order valence-electron chi connectivity index (χ4n) is 1.33. The summed E-state index contributed by atoms with van der Waals surface area (Å²) in [4.78, 5) is 10.4. The topological polar surface area (TPSA) is 95.6 Å². The van der Waals surface area contributed by atoms with E-state index < -0.39 is 10.5 Å². The molecule has 0 atom stereocenters. The Morgan fingerprint density at radius 3 is 2.56 bits per heavy atom. The molecule has 0 saturated heterocycles. The minimum atomic E-state index is -0.860. The average Bonchev–Trinajstić information content (AvgIpc) is 2.36. The lowest BCUT2D eigenvalue weighted by Crippen LogP contribution is -2.48. The molecule has 100 valence electrons. The van der Waals surface area contributed by atoms with Crippen molar-refractivity contribution >= 4 is 21.6 Å². The van der Waals surface area contributed by atoms with E-state index in [1.54, 1.807) is 19.1 Å². The Morgan fingerprint density at radius 2 is 2.06 bits per heavy atom. The van der Waals surface area contributed by atoms with Gasteiger partial charge < -0.3 is 15.5 Å². The van der Waals surface area contributed by atoms with E-state index in [-0.39, 0.29) is 25.4 Å². The van der Waals surface area contributed by atoms with Gasteiger partial charge in [-0.25, -0.2) is 0 Å². The third kappa shape index (κ3) is 3.74. The number of benzene rings is 1. The number of nitro groups is 1. The third-order valence-electron chi connectivity index (χ3n) is 2.65. The molecule has 6 nitrogen and oxygen atoms in total. The highest BCUT2D eigenvalue weighted by molar-refractivity contribution is 9.10. The Bertz CT molecular complexity index is 435. The summed E-state index contributed by atoms with van der Waals surface area (Å²) in [5.74, 6) is 0. The Hall–Kier alpha value is -1.02. The lowest BCUT2D eigenvalue weighted by Gasteiger charge is -2.26. The normalized spacial score (nSPS) is 11.6. The molecule has 0 radical (unpaired) electrons. The summed E-state index contributed by atoms with van der Waals surface area (Å²) in [5, 5.41) is 32.0. The second-order valence-corrected chi connectivity index (χ2v) is 5.18. The monoisotopic (exact) mass is 318 g/mol. The van der Waals surface area contributed by atoms with Crippen LogP contribution in [0.3, 0.4) is 0 Å². The van der Waals surface area contributed by atoms with Gasteiger partial charge >= 0.3 is 0 Å². The number of hydrogen-bond donors (Lipinski definition) is 3. The van der Waals surface area contributed by atoms with Gasteiger partial charge in [0.25, 0.3) is 5.69 Å². The van der Waals surface area contributed by atoms with E-state index >= 15 is 0 Å². The second-order valence-electron chi connectivity index (χ2n) is 4.26. The number of rotatable bonds is 6. The summed E-state index contributed by atoms with van der Waals surface area (Å²) in [6.45, 7) is 1.32. The number of nitrogens with zero attached hydrogens (tertiary/aromatic N) is 1. The van der Waals surface area contributed by atoms with Crippen molar-refractivity contribution in [3.05, 3.63) is 38.3 Å². The van der Waals surface area contributed by atoms with Crippen LogP contribution in [0.4, 0.5) is 5.69 Å². The van der Waals surface area contributed by atoms with Crippen molar-refractivity contribution in [2.75, 3.05) is 13.2 Å². The molecule has 0 aliphatic carbocycles. The minimum Gasteiger partial charge on any atom is -0.394 e. The van der Waals surface area contributed by atoms with E-state index in [2.05, 4.69) is 21.2 Å². The molecule has 18 heavy (non-hydrogen) atoms. The van der Waals surface area contributed by atoms with Gasteiger partial charge in [0.05, 0.1) is 23.7 Å². The van der Waals surface area contributed by atoms with Crippen molar-refractivity contribution < 1.29 is 15.1 Å². The molecule has 3 N–H and O–H groups in total. The molecule has 0 unspecified atom stereocenters. The first-order valence-electron chi connectivity index (χ1n) is 5.31. The van der Waals surface area contributed by atoms with Crippen LogP contribution >= 0.6 is 15.9 Å². The Labute approximate surface area is 113 Å². The first-order valence-corrected chi connectivity index (χ1v) is 6.11. The van der Waals surface area contributed by atoms with Crippen LogP contribution in [0.2, 0.25) is 0 Å². The number of hydrogen-bond acceptors (Lipinski definition) is 5. The predicted octanol–water partition coefficient (Wildman–Crippen LogP) is 1.19. The van der Waals surface area contributed by atoms with Crippen LogP contribution in [0, 0.1) is 10.1 Å². The number of nitro benzene ring substituents is 1. The van der Waals surface area contributed by atoms with Crippen molar-refractivity contribution in [3.8, 4) is 0 Å². The zero-order chi connectivity index (χ0) is 13.8. The van der Waals surface area contributed by atoms with Crippen molar-refractivity contribution in [3.63, 3.8) is 0 Å². The molecule has 1 rings (SSSR count). The molecule has 0 aromatic heterocycles. The fourth-order valence-corrected chi connectivity index (χ4v) is 1.68. The molecule has 0 saturated carbocycles. The molecule has 1 aromatic rings. The van der Waals surface area contributed by atoms with Crippen LogP contribution in [0.25, 0.3) is 0 Å². The maximum absolute atomic E-state index is 10.9. The zero-order valence-electron chi connectivity index (χ0n) is 9.89. The summed E-state index contributed by atoms with van der Waals surface area (Å²) in [6, 6.07) is 4.76. The highest BCUT2D eigenvalue weighted by atomic mass is 79.9. The maximum Gasteiger partial charge on any atom is 0.275 e. The van der Waals surface area contributed by atoms with Crippen LogP contribution in [0.5, 0.6) is 0 Å². The molecule has 0 bridgehead atoms. The third-order valence-corrected chi connectivity index (χ3v) is 3.14. The van der Waals surface area contributed by atoms with Gasteiger partial charge in [-0.05, 0) is 19.1 Å². The van der Waals surface area contributed by atoms with Crippen LogP contribution in [-0.4, -0.2) is 33.9 Å². The van der Waals surface area contributed by atoms with Crippen LogP contribution < -0.4 is 5.32 Å². The molecule has 1 aromatic carbocycles. The summed E-state index contributed by atoms with van der Waals surface area (Å²) >= 11 is 3.18. The van der Waals surface area contributed by atoms with E-state index in [4.69, 9.17) is 10.2 Å². The SMILES string of the molecule is CC(CO)(CO)NCc1ccc(Br)cc1[N+](=O)[O-]. The molecule has 0 aliphatic heterocycles. The van der Waals surface area contributed by atoms with E-state index in [1.807, 2.05) is 0 Å². The van der Waals surface area contributed by atoms with Crippen LogP contribution in [0.1, 0.15) is 12.5 Å². The Balaban J connectivity index is 2.88. The number of nitrogens with one attached hydrogen (secondary N) is 1. The van der Waals surface area contributed by atoms with Gasteiger partial charge in [-0.3, -0.25) is 10.1 Å². The molecule has 0 amide bonds. The average molecular weight is 319 g/mol. The van der Waals surface area contributed by atoms with Gasteiger partial charge in [0.15, 0.2) is 0 Å². The van der Waals surface area contributed by atoms with Gasteiger partial charge in [0.1, 0.15) is 0 Å². The molecular formula is C11H15BrN2O4. The number of halogens is 1. The Morgan fingerprint density at radius 1 is 1.44 bits per heavy atom. The lowest BCUT2D eigenvalue weighted by atomic mass is 10.0. The van der Waals surface area contributed by atoms with Crippen molar-refractivity contribution in [2.24, 2.45) is 0 Å². The predicted molar refractivity (Wildman–Crippen MR) is 70.2 cm³/mol. The quantitative estimate of drug-likeness (QED) is 0.541. The van der Waals surface area contributed by atoms with Crippen LogP contribution in [0.15, 0.2) is 22.7 Å². The summed E-state index contributed by atoms with van der Waals surface area (Å²) in [5.41, 5.74) is -0.368. The van der Waals surface area contributed by atoms with Gasteiger partial charge in [-0.2, -0.15) is 0 Å². The fraction of sp³-hybridized carbons (Fsp3) is 0.455. The number of aliphatic hydroxyl groups is 2. The van der Waals surface area contributed by atoms with Crippen molar-refractivity contribution in [1.82, 2.24) is 5.32 Å². The van der Waals surface area contributed by atoms with E-state index in [9.17, 15) is 10.1 Å². The van der Waals surface area contributed by atoms with Gasteiger partial charge in [-0.15, -0.1) is 0 Å². The van der Waals surface area contributed by atoms with Gasteiger partial charge in [0, 0.05) is 22.6 Å². The highest BCUT2D eigenvalue weighted by Crippen LogP contribution is 2.23. The maximum atomic E-state index is 10.9. The van der Waals surface area contributed by atoms with Gasteiger partial charge in [-0.1, -0.05) is 15.9 Å². The first kappa shape index (κ1) is 15.0. The van der Waals surface area contributed by atoms with E-state index in [0.29, 0.717) is 10.0 Å². The molecule has 0 heterocycles. The molecule has 0 aliphatic rings. The van der Waals surface area contributed by atoms with Crippen LogP contribution in [-0.2, 0) is 6.54 Å². The van der Waals surface area contributed by atoms with Crippen molar-refractivity contribution in [1.29, 1.82) is 0 Å². The standard InChI is InChI=1S/C11H15BrN2O4/c1-11(6-15,7-16)13-5-8-2-3-9(12)4-10(8)14(17)18/h2-4,13,15-16H,5-7H2,1H3. The molecular weight excluding hydrogens is 304 g/mol. The minimum absolute atomic E-state index is 0.00453. The van der Waals surface area contributed by atoms with Gasteiger partial charge in [0.2, 0.25) is 0 Å². The molecule has 0 spiro atoms. The Kier molecular flexibility index (Phi) is 5.21. The smallest absolute Gasteiger partial charge is 0.275 e. The second kappa shape index (κ2) is 6.24. The summed E-state index contributed by atoms with van der Waals surface area (Å²) in [7, 11) is 0. The van der Waals surface area contributed by atoms with E-state index in [0.717, 1.165) is 0 Å². The summed E-state index contributed by atoms with van der Waals surface area (Å²) < 4.78 is 0.630. The van der Waals surface area contributed by atoms with E-state index in [1.165, 1.54) is 6.07 Å². The zero-order valence-corrected chi connectivity index (χ0v) is 11.5. The summed E-state index contributed by atoms with van der Waals surface area (Å²) in [6.07, 6.45) is 0.